The molecule has 0 radical (unpaired) electrons. The van der Waals surface area contributed by atoms with E-state index in [4.69, 9.17) is 16.7 Å². The Morgan fingerprint density at radius 2 is 2.21 bits per heavy atom. The highest BCUT2D eigenvalue weighted by Gasteiger charge is 2.11. The van der Waals surface area contributed by atoms with Crippen LogP contribution < -0.4 is 4.72 Å². The zero-order valence-electron chi connectivity index (χ0n) is 9.43. The average Bonchev–Trinajstić information content (AvgIpc) is 2.38. The number of carboxylic acids is 1. The lowest BCUT2D eigenvalue weighted by Gasteiger charge is -2.08. The molecule has 0 saturated heterocycles. The third-order valence-corrected chi connectivity index (χ3v) is 3.34. The van der Waals surface area contributed by atoms with Crippen molar-refractivity contribution in [3.8, 4) is 0 Å². The molecule has 0 bridgehead atoms. The standard InChI is InChI=1S/C12H8ClFN2O2S/c13-9-6-7(14)3-4-10(9)16-19-11-8(12(17)18)2-1-5-15-11/h1-6,16H,(H,17,18). The van der Waals surface area contributed by atoms with E-state index in [9.17, 15) is 9.18 Å². The van der Waals surface area contributed by atoms with Crippen molar-refractivity contribution >= 4 is 35.2 Å². The summed E-state index contributed by atoms with van der Waals surface area (Å²) in [5.74, 6) is -1.51. The molecule has 0 aliphatic heterocycles. The molecular formula is C12H8ClFN2O2S. The molecule has 2 rings (SSSR count). The fraction of sp³-hybridized carbons (Fsp3) is 0. The maximum Gasteiger partial charge on any atom is 0.338 e. The van der Waals surface area contributed by atoms with Gasteiger partial charge in [0.25, 0.3) is 0 Å². The molecule has 0 spiro atoms. The first-order valence-electron chi connectivity index (χ1n) is 5.14. The summed E-state index contributed by atoms with van der Waals surface area (Å²) in [7, 11) is 0. The molecule has 0 unspecified atom stereocenters. The van der Waals surface area contributed by atoms with Gasteiger partial charge in [-0.2, -0.15) is 0 Å². The first-order chi connectivity index (χ1) is 9.08. The second-order valence-electron chi connectivity index (χ2n) is 3.49. The van der Waals surface area contributed by atoms with Gasteiger partial charge < -0.3 is 9.83 Å². The third kappa shape index (κ3) is 3.36. The molecule has 19 heavy (non-hydrogen) atoms. The second kappa shape index (κ2) is 5.90. The molecule has 1 aromatic heterocycles. The maximum absolute atomic E-state index is 12.9. The summed E-state index contributed by atoms with van der Waals surface area (Å²) in [6.45, 7) is 0. The minimum absolute atomic E-state index is 0.0817. The maximum atomic E-state index is 12.9. The van der Waals surface area contributed by atoms with Gasteiger partial charge in [-0.3, -0.25) is 0 Å². The van der Waals surface area contributed by atoms with E-state index in [1.54, 1.807) is 6.07 Å². The predicted octanol–water partition coefficient (Wildman–Crippen LogP) is 3.69. The number of hydrogen-bond acceptors (Lipinski definition) is 4. The van der Waals surface area contributed by atoms with Crippen molar-refractivity contribution in [2.24, 2.45) is 0 Å². The number of carboxylic acid groups (broad SMARTS) is 1. The van der Waals surface area contributed by atoms with E-state index in [-0.39, 0.29) is 10.6 Å². The summed E-state index contributed by atoms with van der Waals surface area (Å²) in [6, 6.07) is 6.88. The molecule has 2 N–H and O–H groups in total. The van der Waals surface area contributed by atoms with E-state index in [1.165, 1.54) is 30.5 Å². The molecule has 0 saturated carbocycles. The van der Waals surface area contributed by atoms with Crippen molar-refractivity contribution in [2.75, 3.05) is 4.72 Å². The largest absolute Gasteiger partial charge is 0.478 e. The number of anilines is 1. The van der Waals surface area contributed by atoms with Gasteiger partial charge in [0, 0.05) is 18.1 Å². The fourth-order valence-electron chi connectivity index (χ4n) is 1.31. The number of halogens is 2. The van der Waals surface area contributed by atoms with Gasteiger partial charge in [0.2, 0.25) is 0 Å². The zero-order valence-corrected chi connectivity index (χ0v) is 11.0. The molecule has 2 aromatic rings. The molecular weight excluding hydrogens is 291 g/mol. The minimum atomic E-state index is -1.07. The molecule has 1 heterocycles. The van der Waals surface area contributed by atoms with E-state index in [1.807, 2.05) is 0 Å². The van der Waals surface area contributed by atoms with E-state index in [0.29, 0.717) is 10.7 Å². The van der Waals surface area contributed by atoms with E-state index in [0.717, 1.165) is 11.9 Å². The first kappa shape index (κ1) is 13.6. The number of carbonyl (C=O) groups is 1. The number of nitrogens with zero attached hydrogens (tertiary/aromatic N) is 1. The highest BCUT2D eigenvalue weighted by atomic mass is 35.5. The van der Waals surface area contributed by atoms with Crippen LogP contribution in [-0.2, 0) is 0 Å². The molecule has 0 aliphatic carbocycles. The highest BCUT2D eigenvalue weighted by Crippen LogP contribution is 2.28. The van der Waals surface area contributed by atoms with Crippen LogP contribution in [0.25, 0.3) is 0 Å². The Hall–Kier alpha value is -1.79. The molecule has 1 aromatic carbocycles. The van der Waals surface area contributed by atoms with Gasteiger partial charge in [-0.15, -0.1) is 0 Å². The summed E-state index contributed by atoms with van der Waals surface area (Å²) in [6.07, 6.45) is 1.49. The molecule has 7 heteroatoms. The molecule has 98 valence electrons. The number of aromatic nitrogens is 1. The molecule has 0 aliphatic rings. The van der Waals surface area contributed by atoms with E-state index >= 15 is 0 Å². The lowest BCUT2D eigenvalue weighted by atomic mass is 10.3. The van der Waals surface area contributed by atoms with Crippen LogP contribution in [0.2, 0.25) is 5.02 Å². The monoisotopic (exact) mass is 298 g/mol. The Bertz CT molecular complexity index is 624. The number of nitrogens with one attached hydrogen (secondary N) is 1. The van der Waals surface area contributed by atoms with Gasteiger partial charge in [-0.1, -0.05) is 11.6 Å². The lowest BCUT2D eigenvalue weighted by molar-refractivity contribution is 0.0692. The number of hydrogen-bond donors (Lipinski definition) is 2. The Morgan fingerprint density at radius 3 is 2.89 bits per heavy atom. The summed E-state index contributed by atoms with van der Waals surface area (Å²) in [4.78, 5) is 15.0. The first-order valence-corrected chi connectivity index (χ1v) is 6.33. The molecule has 4 nitrogen and oxygen atoms in total. The predicted molar refractivity (Wildman–Crippen MR) is 72.1 cm³/mol. The second-order valence-corrected chi connectivity index (χ2v) is 4.69. The van der Waals surface area contributed by atoms with Gasteiger partial charge in [0.15, 0.2) is 0 Å². The SMILES string of the molecule is O=C(O)c1cccnc1SNc1ccc(F)cc1Cl. The fourth-order valence-corrected chi connectivity index (χ4v) is 2.34. The van der Waals surface area contributed by atoms with Crippen LogP contribution in [0.3, 0.4) is 0 Å². The summed E-state index contributed by atoms with van der Waals surface area (Å²) >= 11 is 6.85. The van der Waals surface area contributed by atoms with Crippen LogP contribution in [0, 0.1) is 5.82 Å². The Balaban J connectivity index is 2.17. The summed E-state index contributed by atoms with van der Waals surface area (Å²) in [5, 5.41) is 9.51. The average molecular weight is 299 g/mol. The quantitative estimate of drug-likeness (QED) is 0.843. The van der Waals surface area contributed by atoms with Crippen molar-refractivity contribution in [1.82, 2.24) is 4.98 Å². The van der Waals surface area contributed by atoms with Gasteiger partial charge in [0.05, 0.1) is 16.3 Å². The smallest absolute Gasteiger partial charge is 0.338 e. The topological polar surface area (TPSA) is 62.2 Å². The van der Waals surface area contributed by atoms with Crippen molar-refractivity contribution in [3.05, 3.63) is 52.9 Å². The van der Waals surface area contributed by atoms with Crippen LogP contribution in [0.15, 0.2) is 41.6 Å². The normalized spacial score (nSPS) is 10.2. The highest BCUT2D eigenvalue weighted by molar-refractivity contribution is 8.00. The van der Waals surface area contributed by atoms with Crippen molar-refractivity contribution < 1.29 is 14.3 Å². The third-order valence-electron chi connectivity index (χ3n) is 2.19. The Morgan fingerprint density at radius 1 is 1.42 bits per heavy atom. The van der Waals surface area contributed by atoms with Gasteiger partial charge in [-0.05, 0) is 30.3 Å². The van der Waals surface area contributed by atoms with E-state index < -0.39 is 11.8 Å². The van der Waals surface area contributed by atoms with Gasteiger partial charge >= 0.3 is 5.97 Å². The molecule has 0 atom stereocenters. The van der Waals surface area contributed by atoms with Gasteiger partial charge in [0.1, 0.15) is 10.8 Å². The molecule has 0 amide bonds. The van der Waals surface area contributed by atoms with Crippen molar-refractivity contribution in [3.63, 3.8) is 0 Å². The number of rotatable bonds is 4. The minimum Gasteiger partial charge on any atom is -0.478 e. The Kier molecular flexibility index (Phi) is 4.24. The van der Waals surface area contributed by atoms with Gasteiger partial charge in [-0.25, -0.2) is 14.2 Å². The van der Waals surface area contributed by atoms with E-state index in [2.05, 4.69) is 9.71 Å². The Labute approximate surface area is 117 Å². The molecule has 0 fully saturated rings. The van der Waals surface area contributed by atoms with Crippen molar-refractivity contribution in [2.45, 2.75) is 5.03 Å². The number of pyridine rings is 1. The van der Waals surface area contributed by atoms with Crippen molar-refractivity contribution in [1.29, 1.82) is 0 Å². The number of aromatic carboxylic acids is 1. The lowest BCUT2D eigenvalue weighted by Crippen LogP contribution is -2.01. The summed E-state index contributed by atoms with van der Waals surface area (Å²) < 4.78 is 15.7. The van der Waals surface area contributed by atoms with Crippen LogP contribution in [0.5, 0.6) is 0 Å². The van der Waals surface area contributed by atoms with Crippen LogP contribution >= 0.6 is 23.5 Å². The van der Waals surface area contributed by atoms with Crippen LogP contribution in [0.1, 0.15) is 10.4 Å². The summed E-state index contributed by atoms with van der Waals surface area (Å²) in [5.41, 5.74) is 0.563. The zero-order chi connectivity index (χ0) is 13.8. The van der Waals surface area contributed by atoms with Crippen LogP contribution in [0.4, 0.5) is 10.1 Å². The number of benzene rings is 1. The van der Waals surface area contributed by atoms with Crippen LogP contribution in [-0.4, -0.2) is 16.1 Å².